The molecule has 0 spiro atoms. The van der Waals surface area contributed by atoms with E-state index >= 15 is 0 Å². The van der Waals surface area contributed by atoms with Crippen LogP contribution in [0.15, 0.2) is 48.5 Å². The van der Waals surface area contributed by atoms with Gasteiger partial charge >= 0.3 is 0 Å². The van der Waals surface area contributed by atoms with Crippen LogP contribution in [0.2, 0.25) is 5.02 Å². The second kappa shape index (κ2) is 10.4. The number of para-hydroxylation sites is 1. The summed E-state index contributed by atoms with van der Waals surface area (Å²) in [5.74, 6) is 0.540. The second-order valence-corrected chi connectivity index (χ2v) is 6.18. The highest BCUT2D eigenvalue weighted by atomic mass is 35.5. The number of morpholine rings is 1. The Labute approximate surface area is 164 Å². The highest BCUT2D eigenvalue weighted by Crippen LogP contribution is 2.24. The molecule has 140 valence electrons. The number of benzene rings is 2. The van der Waals surface area contributed by atoms with Crippen LogP contribution in [0.25, 0.3) is 0 Å². The molecule has 26 heavy (non-hydrogen) atoms. The van der Waals surface area contributed by atoms with Crippen LogP contribution in [0.4, 0.5) is 0 Å². The summed E-state index contributed by atoms with van der Waals surface area (Å²) in [7, 11) is 0. The van der Waals surface area contributed by atoms with Gasteiger partial charge in [0.2, 0.25) is 0 Å². The highest BCUT2D eigenvalue weighted by Gasteiger charge is 2.21. The monoisotopic (exact) mass is 396 g/mol. The molecule has 1 aliphatic heterocycles. The van der Waals surface area contributed by atoms with Gasteiger partial charge in [0, 0.05) is 19.6 Å². The Bertz CT molecular complexity index is 721. The first kappa shape index (κ1) is 20.5. The van der Waals surface area contributed by atoms with E-state index in [2.05, 4.69) is 10.6 Å². The molecule has 1 saturated heterocycles. The Hall–Kier alpha value is -1.79. The molecule has 1 unspecified atom stereocenters. The van der Waals surface area contributed by atoms with E-state index in [1.807, 2.05) is 42.5 Å². The molecule has 1 atom stereocenters. The fourth-order valence-electron chi connectivity index (χ4n) is 2.62. The molecule has 0 aliphatic carbocycles. The predicted molar refractivity (Wildman–Crippen MR) is 104 cm³/mol. The van der Waals surface area contributed by atoms with Crippen LogP contribution >= 0.6 is 24.0 Å². The minimum absolute atomic E-state index is 0. The third kappa shape index (κ3) is 5.61. The first-order valence-corrected chi connectivity index (χ1v) is 8.66. The molecule has 1 aliphatic rings. The third-order valence-corrected chi connectivity index (χ3v) is 4.32. The van der Waals surface area contributed by atoms with Crippen molar-refractivity contribution in [1.82, 2.24) is 10.6 Å². The molecule has 0 radical (unpaired) electrons. The van der Waals surface area contributed by atoms with Crippen molar-refractivity contribution < 1.29 is 14.3 Å². The number of nitrogens with one attached hydrogen (secondary N) is 2. The molecule has 0 aromatic heterocycles. The number of hydrogen-bond donors (Lipinski definition) is 2. The van der Waals surface area contributed by atoms with Gasteiger partial charge in [0.15, 0.2) is 0 Å². The molecular weight excluding hydrogens is 375 g/mol. The summed E-state index contributed by atoms with van der Waals surface area (Å²) in [5, 5.41) is 6.66. The molecule has 7 heteroatoms. The number of rotatable bonds is 6. The number of ether oxygens (including phenoxy) is 2. The molecule has 2 aromatic rings. The Morgan fingerprint density at radius 2 is 1.92 bits per heavy atom. The second-order valence-electron chi connectivity index (χ2n) is 5.77. The van der Waals surface area contributed by atoms with Gasteiger partial charge in [-0.25, -0.2) is 0 Å². The van der Waals surface area contributed by atoms with Gasteiger partial charge in [-0.2, -0.15) is 0 Å². The largest absolute Gasteiger partial charge is 0.487 e. The van der Waals surface area contributed by atoms with E-state index in [1.54, 1.807) is 6.07 Å². The number of amides is 1. The van der Waals surface area contributed by atoms with Gasteiger partial charge in [-0.3, -0.25) is 4.79 Å². The Balaban J connectivity index is 0.00000243. The molecule has 3 rings (SSSR count). The molecule has 0 saturated carbocycles. The normalized spacial score (nSPS) is 16.4. The van der Waals surface area contributed by atoms with Crippen molar-refractivity contribution in [2.45, 2.75) is 19.3 Å². The van der Waals surface area contributed by atoms with Crippen LogP contribution in [-0.4, -0.2) is 31.7 Å². The van der Waals surface area contributed by atoms with Crippen molar-refractivity contribution in [2.75, 3.05) is 19.7 Å². The number of halogens is 2. The molecule has 5 nitrogen and oxygen atoms in total. The SMILES string of the molecule is Cl.O=C(NCc1ccccc1COc1ccccc1Cl)C1CNCCO1. The topological polar surface area (TPSA) is 59.6 Å². The van der Waals surface area contributed by atoms with Gasteiger partial charge < -0.3 is 20.1 Å². The summed E-state index contributed by atoms with van der Waals surface area (Å²) in [6.07, 6.45) is -0.430. The lowest BCUT2D eigenvalue weighted by Crippen LogP contribution is -2.47. The molecule has 2 N–H and O–H groups in total. The summed E-state index contributed by atoms with van der Waals surface area (Å²) >= 11 is 6.12. The molecule has 1 fully saturated rings. The average Bonchev–Trinajstić information content (AvgIpc) is 2.67. The van der Waals surface area contributed by atoms with Crippen LogP contribution in [0.3, 0.4) is 0 Å². The zero-order valence-electron chi connectivity index (χ0n) is 14.2. The van der Waals surface area contributed by atoms with Crippen molar-refractivity contribution in [3.63, 3.8) is 0 Å². The van der Waals surface area contributed by atoms with Gasteiger partial charge in [0.1, 0.15) is 18.5 Å². The van der Waals surface area contributed by atoms with Crippen molar-refractivity contribution in [3.05, 3.63) is 64.7 Å². The molecular formula is C19H22Cl2N2O3. The minimum atomic E-state index is -0.430. The maximum Gasteiger partial charge on any atom is 0.250 e. The van der Waals surface area contributed by atoms with Crippen LogP contribution in [0.5, 0.6) is 5.75 Å². The van der Waals surface area contributed by atoms with E-state index < -0.39 is 6.10 Å². The van der Waals surface area contributed by atoms with Crippen molar-refractivity contribution >= 4 is 29.9 Å². The van der Waals surface area contributed by atoms with Crippen molar-refractivity contribution in [2.24, 2.45) is 0 Å². The number of hydrogen-bond acceptors (Lipinski definition) is 4. The van der Waals surface area contributed by atoms with Crippen LogP contribution in [0.1, 0.15) is 11.1 Å². The van der Waals surface area contributed by atoms with Crippen molar-refractivity contribution in [1.29, 1.82) is 0 Å². The summed E-state index contributed by atoms with van der Waals surface area (Å²) in [4.78, 5) is 12.2. The first-order valence-electron chi connectivity index (χ1n) is 8.28. The zero-order chi connectivity index (χ0) is 17.5. The highest BCUT2D eigenvalue weighted by molar-refractivity contribution is 6.32. The fraction of sp³-hybridized carbons (Fsp3) is 0.316. The molecule has 0 bridgehead atoms. The Kier molecular flexibility index (Phi) is 8.19. The van der Waals surface area contributed by atoms with Gasteiger partial charge in [-0.1, -0.05) is 48.0 Å². The van der Waals surface area contributed by atoms with E-state index in [1.165, 1.54) is 0 Å². The van der Waals surface area contributed by atoms with E-state index in [0.29, 0.717) is 37.1 Å². The van der Waals surface area contributed by atoms with Crippen molar-refractivity contribution in [3.8, 4) is 5.75 Å². The fourth-order valence-corrected chi connectivity index (χ4v) is 2.81. The average molecular weight is 397 g/mol. The summed E-state index contributed by atoms with van der Waals surface area (Å²) in [6.45, 7) is 2.70. The Morgan fingerprint density at radius 3 is 2.65 bits per heavy atom. The van der Waals surface area contributed by atoms with E-state index in [4.69, 9.17) is 21.1 Å². The van der Waals surface area contributed by atoms with Gasteiger partial charge in [-0.15, -0.1) is 12.4 Å². The summed E-state index contributed by atoms with van der Waals surface area (Å²) < 4.78 is 11.3. The van der Waals surface area contributed by atoms with E-state index in [0.717, 1.165) is 17.7 Å². The van der Waals surface area contributed by atoms with Gasteiger partial charge in [-0.05, 0) is 23.3 Å². The molecule has 2 aromatic carbocycles. The summed E-state index contributed by atoms with van der Waals surface area (Å²) in [6, 6.07) is 15.2. The van der Waals surface area contributed by atoms with Gasteiger partial charge in [0.05, 0.1) is 11.6 Å². The predicted octanol–water partition coefficient (Wildman–Crippen LogP) is 2.95. The summed E-state index contributed by atoms with van der Waals surface area (Å²) in [5.41, 5.74) is 2.01. The maximum atomic E-state index is 12.2. The third-order valence-electron chi connectivity index (χ3n) is 4.01. The standard InChI is InChI=1S/C19H21ClN2O3.ClH/c20-16-7-3-4-8-17(16)25-13-15-6-2-1-5-14(15)11-22-19(23)18-12-21-9-10-24-18;/h1-8,18,21H,9-13H2,(H,22,23);1H. The van der Waals surface area contributed by atoms with Gasteiger partial charge in [0.25, 0.3) is 5.91 Å². The van der Waals surface area contributed by atoms with E-state index in [9.17, 15) is 4.79 Å². The van der Waals surface area contributed by atoms with Crippen LogP contribution in [-0.2, 0) is 22.7 Å². The van der Waals surface area contributed by atoms with Crippen LogP contribution in [0, 0.1) is 0 Å². The Morgan fingerprint density at radius 1 is 1.19 bits per heavy atom. The number of carbonyl (C=O) groups is 1. The minimum Gasteiger partial charge on any atom is -0.487 e. The number of carbonyl (C=O) groups excluding carboxylic acids is 1. The molecule has 1 heterocycles. The zero-order valence-corrected chi connectivity index (χ0v) is 15.8. The smallest absolute Gasteiger partial charge is 0.250 e. The lowest BCUT2D eigenvalue weighted by molar-refractivity contribution is -0.134. The lowest BCUT2D eigenvalue weighted by Gasteiger charge is -2.23. The lowest BCUT2D eigenvalue weighted by atomic mass is 10.1. The van der Waals surface area contributed by atoms with E-state index in [-0.39, 0.29) is 18.3 Å². The molecule has 1 amide bonds. The maximum absolute atomic E-state index is 12.2. The first-order chi connectivity index (χ1) is 12.2. The quantitative estimate of drug-likeness (QED) is 0.787. The van der Waals surface area contributed by atoms with Crippen LogP contribution < -0.4 is 15.4 Å².